The molecule has 86 valence electrons. The zero-order valence-electron chi connectivity index (χ0n) is 9.59. The first-order valence-electron chi connectivity index (χ1n) is 5.78. The number of carbonyl (C=O) groups excluding carboxylic acids is 1. The van der Waals surface area contributed by atoms with Crippen LogP contribution in [0.15, 0.2) is 12.1 Å². The molecule has 2 nitrogen and oxygen atoms in total. The first kappa shape index (κ1) is 10.7. The molecule has 0 saturated heterocycles. The van der Waals surface area contributed by atoms with Gasteiger partial charge in [-0.1, -0.05) is 17.7 Å². The average molecular weight is 246 g/mol. The number of halogens is 1. The Kier molecular flexibility index (Phi) is 2.40. The summed E-state index contributed by atoms with van der Waals surface area (Å²) in [5, 5.41) is 1.64. The van der Waals surface area contributed by atoms with Gasteiger partial charge in [0, 0.05) is 21.7 Å². The standard InChI is InChI=1S/C14H12ClNO/c1-8-12(15)6-5-10-11(7-17)9-3-2-4-13(9)16-14(8)10/h5-7H,2-4H2,1H3. The second-order valence-corrected chi connectivity index (χ2v) is 4.90. The van der Waals surface area contributed by atoms with E-state index in [0.717, 1.165) is 58.8 Å². The van der Waals surface area contributed by atoms with Crippen LogP contribution in [-0.2, 0) is 12.8 Å². The van der Waals surface area contributed by atoms with Gasteiger partial charge in [0.15, 0.2) is 6.29 Å². The minimum Gasteiger partial charge on any atom is -0.298 e. The van der Waals surface area contributed by atoms with Crippen LogP contribution in [0.1, 0.15) is 33.6 Å². The van der Waals surface area contributed by atoms with Crippen molar-refractivity contribution < 1.29 is 4.79 Å². The van der Waals surface area contributed by atoms with Crippen LogP contribution in [0, 0.1) is 6.92 Å². The zero-order chi connectivity index (χ0) is 12.0. The lowest BCUT2D eigenvalue weighted by Gasteiger charge is -2.10. The maximum Gasteiger partial charge on any atom is 0.151 e. The van der Waals surface area contributed by atoms with Gasteiger partial charge in [0.1, 0.15) is 0 Å². The summed E-state index contributed by atoms with van der Waals surface area (Å²) >= 11 is 6.11. The van der Waals surface area contributed by atoms with Gasteiger partial charge in [-0.2, -0.15) is 0 Å². The molecule has 3 rings (SSSR count). The molecule has 1 aromatic heterocycles. The Balaban J connectivity index is 2.48. The van der Waals surface area contributed by atoms with Gasteiger partial charge < -0.3 is 0 Å². The summed E-state index contributed by atoms with van der Waals surface area (Å²) in [4.78, 5) is 16.0. The third-order valence-electron chi connectivity index (χ3n) is 3.53. The lowest BCUT2D eigenvalue weighted by molar-refractivity contribution is 0.112. The number of pyridine rings is 1. The predicted octanol–water partition coefficient (Wildman–Crippen LogP) is 3.50. The zero-order valence-corrected chi connectivity index (χ0v) is 10.3. The average Bonchev–Trinajstić information content (AvgIpc) is 2.79. The van der Waals surface area contributed by atoms with Crippen LogP contribution in [0.5, 0.6) is 0 Å². The molecule has 0 bridgehead atoms. The van der Waals surface area contributed by atoms with Crippen molar-refractivity contribution in [3.8, 4) is 0 Å². The van der Waals surface area contributed by atoms with Gasteiger partial charge in [0.25, 0.3) is 0 Å². The summed E-state index contributed by atoms with van der Waals surface area (Å²) in [5.41, 5.74) is 4.85. The van der Waals surface area contributed by atoms with Crippen molar-refractivity contribution in [2.24, 2.45) is 0 Å². The molecule has 3 heteroatoms. The first-order valence-corrected chi connectivity index (χ1v) is 6.16. The number of benzene rings is 1. The van der Waals surface area contributed by atoms with E-state index in [9.17, 15) is 4.79 Å². The van der Waals surface area contributed by atoms with Crippen molar-refractivity contribution in [1.82, 2.24) is 4.98 Å². The number of hydrogen-bond donors (Lipinski definition) is 0. The highest BCUT2D eigenvalue weighted by molar-refractivity contribution is 6.32. The van der Waals surface area contributed by atoms with Crippen LogP contribution in [0.2, 0.25) is 5.02 Å². The van der Waals surface area contributed by atoms with Crippen LogP contribution >= 0.6 is 11.6 Å². The molecule has 1 heterocycles. The van der Waals surface area contributed by atoms with E-state index in [1.54, 1.807) is 0 Å². The van der Waals surface area contributed by atoms with Crippen LogP contribution in [0.3, 0.4) is 0 Å². The summed E-state index contributed by atoms with van der Waals surface area (Å²) in [6.45, 7) is 1.95. The number of nitrogens with zero attached hydrogens (tertiary/aromatic N) is 1. The van der Waals surface area contributed by atoms with Crippen molar-refractivity contribution in [2.75, 3.05) is 0 Å². The maximum absolute atomic E-state index is 11.3. The quantitative estimate of drug-likeness (QED) is 0.720. The van der Waals surface area contributed by atoms with Crippen molar-refractivity contribution in [3.05, 3.63) is 39.5 Å². The van der Waals surface area contributed by atoms with Gasteiger partial charge >= 0.3 is 0 Å². The van der Waals surface area contributed by atoms with Gasteiger partial charge in [-0.05, 0) is 43.4 Å². The summed E-state index contributed by atoms with van der Waals surface area (Å²) in [6, 6.07) is 3.75. The summed E-state index contributed by atoms with van der Waals surface area (Å²) in [6.07, 6.45) is 3.99. The smallest absolute Gasteiger partial charge is 0.151 e. The number of aldehydes is 1. The monoisotopic (exact) mass is 245 g/mol. The van der Waals surface area contributed by atoms with Gasteiger partial charge in [-0.25, -0.2) is 0 Å². The topological polar surface area (TPSA) is 30.0 Å². The number of rotatable bonds is 1. The van der Waals surface area contributed by atoms with Crippen molar-refractivity contribution in [3.63, 3.8) is 0 Å². The van der Waals surface area contributed by atoms with E-state index in [2.05, 4.69) is 4.98 Å². The van der Waals surface area contributed by atoms with Crippen molar-refractivity contribution in [1.29, 1.82) is 0 Å². The molecule has 1 aromatic carbocycles. The highest BCUT2D eigenvalue weighted by Crippen LogP contribution is 2.32. The molecule has 0 N–H and O–H groups in total. The number of aryl methyl sites for hydroxylation is 2. The normalized spacial score (nSPS) is 14.0. The predicted molar refractivity (Wildman–Crippen MR) is 68.9 cm³/mol. The third kappa shape index (κ3) is 1.48. The highest BCUT2D eigenvalue weighted by Gasteiger charge is 2.20. The number of aromatic nitrogens is 1. The highest BCUT2D eigenvalue weighted by atomic mass is 35.5. The molecule has 0 amide bonds. The Bertz CT molecular complexity index is 634. The Morgan fingerprint density at radius 2 is 2.18 bits per heavy atom. The molecule has 0 saturated carbocycles. The van der Waals surface area contributed by atoms with E-state index < -0.39 is 0 Å². The molecule has 0 spiro atoms. The molecule has 0 fully saturated rings. The molecule has 2 aromatic rings. The summed E-state index contributed by atoms with van der Waals surface area (Å²) in [5.74, 6) is 0. The molecule has 0 radical (unpaired) electrons. The SMILES string of the molecule is Cc1c(Cl)ccc2c(C=O)c3c(nc12)CCC3. The fourth-order valence-corrected chi connectivity index (χ4v) is 2.76. The van der Waals surface area contributed by atoms with Crippen LogP contribution in [-0.4, -0.2) is 11.3 Å². The van der Waals surface area contributed by atoms with E-state index in [1.807, 2.05) is 19.1 Å². The summed E-state index contributed by atoms with van der Waals surface area (Å²) in [7, 11) is 0. The van der Waals surface area contributed by atoms with E-state index in [1.165, 1.54) is 0 Å². The number of hydrogen-bond acceptors (Lipinski definition) is 2. The Morgan fingerprint density at radius 1 is 1.35 bits per heavy atom. The fourth-order valence-electron chi connectivity index (χ4n) is 2.61. The molecule has 1 aliphatic rings. The lowest BCUT2D eigenvalue weighted by atomic mass is 10.0. The van der Waals surface area contributed by atoms with Gasteiger partial charge in [-0.15, -0.1) is 0 Å². The van der Waals surface area contributed by atoms with Crippen molar-refractivity contribution >= 4 is 28.8 Å². The third-order valence-corrected chi connectivity index (χ3v) is 3.94. The lowest BCUT2D eigenvalue weighted by Crippen LogP contribution is -1.99. The Morgan fingerprint density at radius 3 is 2.94 bits per heavy atom. The molecule has 0 unspecified atom stereocenters. The first-order chi connectivity index (χ1) is 8.22. The van der Waals surface area contributed by atoms with Crippen LogP contribution in [0.4, 0.5) is 0 Å². The van der Waals surface area contributed by atoms with Gasteiger partial charge in [0.05, 0.1) is 5.52 Å². The van der Waals surface area contributed by atoms with E-state index in [0.29, 0.717) is 5.02 Å². The second kappa shape index (κ2) is 3.81. The van der Waals surface area contributed by atoms with Crippen LogP contribution < -0.4 is 0 Å². The summed E-state index contributed by atoms with van der Waals surface area (Å²) < 4.78 is 0. The molecule has 17 heavy (non-hydrogen) atoms. The largest absolute Gasteiger partial charge is 0.298 e. The van der Waals surface area contributed by atoms with Gasteiger partial charge in [0.2, 0.25) is 0 Å². The minimum atomic E-state index is 0.708. The van der Waals surface area contributed by atoms with Gasteiger partial charge in [-0.3, -0.25) is 9.78 Å². The molecule has 0 atom stereocenters. The maximum atomic E-state index is 11.3. The van der Waals surface area contributed by atoms with E-state index in [4.69, 9.17) is 11.6 Å². The Labute approximate surface area is 105 Å². The molecule has 1 aliphatic carbocycles. The van der Waals surface area contributed by atoms with E-state index >= 15 is 0 Å². The molecule has 0 aliphatic heterocycles. The number of carbonyl (C=O) groups is 1. The second-order valence-electron chi connectivity index (χ2n) is 4.49. The molecular formula is C14H12ClNO. The van der Waals surface area contributed by atoms with Crippen molar-refractivity contribution in [2.45, 2.75) is 26.2 Å². The fraction of sp³-hybridized carbons (Fsp3) is 0.286. The van der Waals surface area contributed by atoms with Crippen LogP contribution in [0.25, 0.3) is 10.9 Å². The Hall–Kier alpha value is -1.41. The molecular weight excluding hydrogens is 234 g/mol. The minimum absolute atomic E-state index is 0.708. The number of fused-ring (bicyclic) bond motifs is 2. The van der Waals surface area contributed by atoms with E-state index in [-0.39, 0.29) is 0 Å².